The third kappa shape index (κ3) is 7.19. The van der Waals surface area contributed by atoms with Gasteiger partial charge in [-0.25, -0.2) is 9.07 Å². The van der Waals surface area contributed by atoms with Crippen molar-refractivity contribution in [2.75, 3.05) is 0 Å². The Kier molecular flexibility index (Phi) is 7.79. The lowest BCUT2D eigenvalue weighted by molar-refractivity contribution is 0.0937. The average Bonchev–Trinajstić information content (AvgIpc) is 3.93. The zero-order chi connectivity index (χ0) is 28.2. The van der Waals surface area contributed by atoms with E-state index in [1.54, 1.807) is 6.20 Å². The molecule has 0 radical (unpaired) electrons. The highest BCUT2D eigenvalue weighted by molar-refractivity contribution is 5.92. The van der Waals surface area contributed by atoms with Crippen molar-refractivity contribution in [1.82, 2.24) is 45.6 Å². The van der Waals surface area contributed by atoms with E-state index in [9.17, 15) is 14.0 Å². The fourth-order valence-corrected chi connectivity index (χ4v) is 4.74. The molecular formula is C29H32FN9O2. The van der Waals surface area contributed by atoms with Crippen LogP contribution in [0.2, 0.25) is 0 Å². The number of carbonyl (C=O) groups excluding carboxylic acids is 2. The summed E-state index contributed by atoms with van der Waals surface area (Å²) in [6, 6.07) is 12.3. The Hall–Kier alpha value is -4.48. The second kappa shape index (κ2) is 11.9. The number of aryl methyl sites for hydroxylation is 1. The smallest absolute Gasteiger partial charge is 0.273 e. The topological polar surface area (TPSA) is 133 Å². The van der Waals surface area contributed by atoms with Crippen LogP contribution in [-0.4, -0.2) is 53.0 Å². The molecule has 2 amide bonds. The Morgan fingerprint density at radius 3 is 2.27 bits per heavy atom. The van der Waals surface area contributed by atoms with E-state index in [1.165, 1.54) is 58.6 Å². The monoisotopic (exact) mass is 557 g/mol. The lowest BCUT2D eigenvalue weighted by Gasteiger charge is -2.07. The second-order valence-corrected chi connectivity index (χ2v) is 10.8. The molecule has 2 aliphatic rings. The number of halogens is 1. The molecule has 2 fully saturated rings. The highest BCUT2D eigenvalue weighted by atomic mass is 19.1. The van der Waals surface area contributed by atoms with Gasteiger partial charge in [0.1, 0.15) is 6.17 Å². The minimum absolute atomic E-state index is 0.0569. The number of nitrogens with one attached hydrogen (secondary N) is 2. The molecule has 0 bridgehead atoms. The average molecular weight is 558 g/mol. The van der Waals surface area contributed by atoms with Crippen molar-refractivity contribution in [3.63, 3.8) is 0 Å². The first kappa shape index (κ1) is 26.7. The lowest BCUT2D eigenvalue weighted by atomic mass is 10.1. The van der Waals surface area contributed by atoms with Gasteiger partial charge < -0.3 is 10.6 Å². The summed E-state index contributed by atoms with van der Waals surface area (Å²) in [4.78, 5) is 29.3. The zero-order valence-electron chi connectivity index (χ0n) is 22.6. The first-order valence-electron chi connectivity index (χ1n) is 14.0. The SMILES string of the molecule is O=C(NCc1cc(C2CC2)ccn1)c1cn(CCC(F)Cn2cc(C(=O)NCc3cccc(C4CC4)c3)nn2)nn1. The Morgan fingerprint density at radius 1 is 0.878 bits per heavy atom. The van der Waals surface area contributed by atoms with Gasteiger partial charge in [0.05, 0.1) is 31.2 Å². The van der Waals surface area contributed by atoms with E-state index in [4.69, 9.17) is 0 Å². The molecule has 3 heterocycles. The standard InChI is InChI=1S/C29H32FN9O2/c30-24(16-39-18-27(35-37-39)28(40)32-14-19-2-1-3-22(12-19)20-4-5-20)9-11-38-17-26(34-36-38)29(41)33-15-25-13-23(8-10-31-25)21-6-7-21/h1-3,8,10,12-13,17-18,20-21,24H,4-7,9,11,14-16H2,(H,32,40)(H,33,41). The summed E-state index contributed by atoms with van der Waals surface area (Å²) in [5, 5.41) is 21.3. The van der Waals surface area contributed by atoms with Crippen molar-refractivity contribution < 1.29 is 14.0 Å². The molecule has 2 N–H and O–H groups in total. The van der Waals surface area contributed by atoms with Crippen LogP contribution in [-0.2, 0) is 26.2 Å². The van der Waals surface area contributed by atoms with Gasteiger partial charge in [-0.1, -0.05) is 34.7 Å². The van der Waals surface area contributed by atoms with E-state index in [0.717, 1.165) is 11.3 Å². The van der Waals surface area contributed by atoms with Crippen LogP contribution >= 0.6 is 0 Å². The molecule has 2 aliphatic carbocycles. The number of benzene rings is 1. The van der Waals surface area contributed by atoms with Crippen LogP contribution < -0.4 is 10.6 Å². The predicted octanol–water partition coefficient (Wildman–Crippen LogP) is 3.31. The van der Waals surface area contributed by atoms with Gasteiger partial charge in [0, 0.05) is 25.7 Å². The minimum Gasteiger partial charge on any atom is -0.347 e. The Morgan fingerprint density at radius 2 is 1.54 bits per heavy atom. The number of alkyl halides is 1. The number of hydrogen-bond donors (Lipinski definition) is 2. The number of pyridine rings is 1. The third-order valence-electron chi connectivity index (χ3n) is 7.37. The van der Waals surface area contributed by atoms with Crippen LogP contribution in [0.25, 0.3) is 0 Å². The van der Waals surface area contributed by atoms with Crippen LogP contribution in [0.15, 0.2) is 55.0 Å². The van der Waals surface area contributed by atoms with Crippen LogP contribution in [0.3, 0.4) is 0 Å². The summed E-state index contributed by atoms with van der Waals surface area (Å²) in [6.07, 6.45) is 8.41. The molecule has 1 aromatic carbocycles. The van der Waals surface area contributed by atoms with Crippen LogP contribution in [0, 0.1) is 0 Å². The van der Waals surface area contributed by atoms with Gasteiger partial charge in [-0.15, -0.1) is 10.2 Å². The van der Waals surface area contributed by atoms with Crippen molar-refractivity contribution in [2.24, 2.45) is 0 Å². The maximum absolute atomic E-state index is 14.7. The molecule has 1 unspecified atom stereocenters. The molecule has 1 atom stereocenters. The maximum atomic E-state index is 14.7. The molecule has 12 heteroatoms. The van der Waals surface area contributed by atoms with E-state index in [0.29, 0.717) is 24.9 Å². The first-order chi connectivity index (χ1) is 20.0. The number of aromatic nitrogens is 7. The fourth-order valence-electron chi connectivity index (χ4n) is 4.74. The third-order valence-corrected chi connectivity index (χ3v) is 7.37. The molecule has 41 heavy (non-hydrogen) atoms. The number of nitrogens with zero attached hydrogens (tertiary/aromatic N) is 7. The van der Waals surface area contributed by atoms with Gasteiger partial charge in [0.15, 0.2) is 11.4 Å². The first-order valence-corrected chi connectivity index (χ1v) is 14.0. The minimum atomic E-state index is -1.26. The van der Waals surface area contributed by atoms with Crippen molar-refractivity contribution in [2.45, 2.75) is 76.3 Å². The molecule has 0 spiro atoms. The number of carbonyl (C=O) groups is 2. The molecule has 3 aromatic heterocycles. The second-order valence-electron chi connectivity index (χ2n) is 10.8. The fraction of sp³-hybridized carbons (Fsp3) is 0.414. The number of hydrogen-bond acceptors (Lipinski definition) is 7. The summed E-state index contributed by atoms with van der Waals surface area (Å²) >= 11 is 0. The number of rotatable bonds is 13. The highest BCUT2D eigenvalue weighted by Crippen LogP contribution is 2.40. The Labute approximate surface area is 236 Å². The Bertz CT molecular complexity index is 1530. The zero-order valence-corrected chi connectivity index (χ0v) is 22.6. The van der Waals surface area contributed by atoms with E-state index >= 15 is 0 Å². The van der Waals surface area contributed by atoms with Gasteiger partial charge in [0.25, 0.3) is 11.8 Å². The molecule has 4 aromatic rings. The maximum Gasteiger partial charge on any atom is 0.273 e. The van der Waals surface area contributed by atoms with E-state index in [1.807, 2.05) is 24.3 Å². The summed E-state index contributed by atoms with van der Waals surface area (Å²) in [6.45, 7) is 0.859. The highest BCUT2D eigenvalue weighted by Gasteiger charge is 2.24. The van der Waals surface area contributed by atoms with E-state index < -0.39 is 6.17 Å². The van der Waals surface area contributed by atoms with E-state index in [2.05, 4.69) is 48.4 Å². The lowest BCUT2D eigenvalue weighted by Crippen LogP contribution is -2.23. The molecule has 11 nitrogen and oxygen atoms in total. The van der Waals surface area contributed by atoms with Crippen LogP contribution in [0.5, 0.6) is 0 Å². The van der Waals surface area contributed by atoms with Crippen LogP contribution in [0.1, 0.15) is 87.3 Å². The van der Waals surface area contributed by atoms with Gasteiger partial charge in [-0.2, -0.15) is 0 Å². The summed E-state index contributed by atoms with van der Waals surface area (Å²) in [7, 11) is 0. The van der Waals surface area contributed by atoms with Gasteiger partial charge in [-0.3, -0.25) is 19.3 Å². The van der Waals surface area contributed by atoms with Gasteiger partial charge >= 0.3 is 0 Å². The Balaban J connectivity index is 0.928. The predicted molar refractivity (Wildman–Crippen MR) is 147 cm³/mol. The number of amides is 2. The molecular weight excluding hydrogens is 525 g/mol. The van der Waals surface area contributed by atoms with Crippen LogP contribution in [0.4, 0.5) is 4.39 Å². The molecule has 2 saturated carbocycles. The summed E-state index contributed by atoms with van der Waals surface area (Å²) in [5.41, 5.74) is 4.68. The quantitative estimate of drug-likeness (QED) is 0.258. The summed E-state index contributed by atoms with van der Waals surface area (Å²) < 4.78 is 17.4. The normalized spacial score (nSPS) is 15.4. The molecule has 6 rings (SSSR count). The summed E-state index contributed by atoms with van der Waals surface area (Å²) in [5.74, 6) is 0.537. The largest absolute Gasteiger partial charge is 0.347 e. The molecule has 212 valence electrons. The molecule has 0 aliphatic heterocycles. The van der Waals surface area contributed by atoms with Crippen molar-refractivity contribution >= 4 is 11.8 Å². The van der Waals surface area contributed by atoms with Gasteiger partial charge in [0.2, 0.25) is 0 Å². The van der Waals surface area contributed by atoms with Gasteiger partial charge in [-0.05, 0) is 66.3 Å². The molecule has 0 saturated heterocycles. The van der Waals surface area contributed by atoms with Crippen molar-refractivity contribution in [3.8, 4) is 0 Å². The van der Waals surface area contributed by atoms with Crippen molar-refractivity contribution in [3.05, 3.63) is 88.8 Å². The van der Waals surface area contributed by atoms with Crippen molar-refractivity contribution in [1.29, 1.82) is 0 Å². The van der Waals surface area contributed by atoms with E-state index in [-0.39, 0.29) is 42.7 Å².